The van der Waals surface area contributed by atoms with Crippen LogP contribution < -0.4 is 5.32 Å². The first-order valence-corrected chi connectivity index (χ1v) is 7.81. The summed E-state index contributed by atoms with van der Waals surface area (Å²) in [5.41, 5.74) is 2.71. The fraction of sp³-hybridized carbons (Fsp3) is 0.533. The molecule has 0 spiro atoms. The minimum absolute atomic E-state index is 0.0281. The first-order valence-electron chi connectivity index (χ1n) is 7.43. The number of carbonyl (C=O) groups is 1. The summed E-state index contributed by atoms with van der Waals surface area (Å²) in [5.74, 6) is 0.0281. The van der Waals surface area contributed by atoms with Gasteiger partial charge in [-0.05, 0) is 33.3 Å². The lowest BCUT2D eigenvalue weighted by molar-refractivity contribution is -0.121. The molecule has 0 aromatic carbocycles. The molecular weight excluding hydrogens is 302 g/mol. The predicted octanol–water partition coefficient (Wildman–Crippen LogP) is 2.25. The molecule has 0 saturated heterocycles. The Hall–Kier alpha value is -1.82. The molecule has 0 aliphatic carbocycles. The van der Waals surface area contributed by atoms with Crippen molar-refractivity contribution in [3.8, 4) is 0 Å². The van der Waals surface area contributed by atoms with Crippen molar-refractivity contribution in [2.24, 2.45) is 0 Å². The van der Waals surface area contributed by atoms with Crippen molar-refractivity contribution in [1.82, 2.24) is 24.9 Å². The number of halogens is 1. The third-order valence-electron chi connectivity index (χ3n) is 3.50. The maximum absolute atomic E-state index is 11.8. The number of aryl methyl sites for hydroxylation is 4. The van der Waals surface area contributed by atoms with Crippen molar-refractivity contribution >= 4 is 17.5 Å². The minimum Gasteiger partial charge on any atom is -0.356 e. The predicted molar refractivity (Wildman–Crippen MR) is 85.9 cm³/mol. The Bertz CT molecular complexity index is 646. The lowest BCUT2D eigenvalue weighted by Crippen LogP contribution is -2.26. The van der Waals surface area contributed by atoms with Crippen molar-refractivity contribution in [3.05, 3.63) is 34.4 Å². The van der Waals surface area contributed by atoms with Crippen LogP contribution in [0.25, 0.3) is 0 Å². The van der Waals surface area contributed by atoms with Gasteiger partial charge in [0.2, 0.25) is 5.91 Å². The van der Waals surface area contributed by atoms with Crippen LogP contribution in [0.5, 0.6) is 0 Å². The summed E-state index contributed by atoms with van der Waals surface area (Å²) in [6, 6.07) is 1.97. The van der Waals surface area contributed by atoms with E-state index in [1.165, 1.54) is 0 Å². The Labute approximate surface area is 135 Å². The highest BCUT2D eigenvalue weighted by Gasteiger charge is 2.10. The smallest absolute Gasteiger partial charge is 0.221 e. The molecule has 1 N–H and O–H groups in total. The Morgan fingerprint density at radius 2 is 2.05 bits per heavy atom. The zero-order valence-corrected chi connectivity index (χ0v) is 14.0. The van der Waals surface area contributed by atoms with Gasteiger partial charge in [0.05, 0.1) is 28.6 Å². The van der Waals surface area contributed by atoms with Crippen LogP contribution in [0, 0.1) is 20.8 Å². The molecule has 7 heteroatoms. The lowest BCUT2D eigenvalue weighted by atomic mass is 10.3. The monoisotopic (exact) mass is 323 g/mol. The van der Waals surface area contributed by atoms with Crippen LogP contribution in [0.15, 0.2) is 12.3 Å². The number of carbonyl (C=O) groups excluding carboxylic acids is 1. The second-order valence-corrected chi connectivity index (χ2v) is 5.76. The van der Waals surface area contributed by atoms with E-state index >= 15 is 0 Å². The van der Waals surface area contributed by atoms with Crippen molar-refractivity contribution in [2.45, 2.75) is 46.7 Å². The van der Waals surface area contributed by atoms with Crippen LogP contribution in [0.2, 0.25) is 5.02 Å². The molecule has 0 fully saturated rings. The van der Waals surface area contributed by atoms with Crippen LogP contribution in [0.1, 0.15) is 29.9 Å². The van der Waals surface area contributed by atoms with E-state index in [0.29, 0.717) is 24.5 Å². The van der Waals surface area contributed by atoms with Crippen molar-refractivity contribution in [1.29, 1.82) is 0 Å². The molecule has 2 heterocycles. The maximum Gasteiger partial charge on any atom is 0.221 e. The fourth-order valence-electron chi connectivity index (χ4n) is 2.25. The average Bonchev–Trinajstić information content (AvgIpc) is 3.00. The number of aromatic nitrogens is 4. The molecule has 1 amide bonds. The van der Waals surface area contributed by atoms with Crippen molar-refractivity contribution in [2.75, 3.05) is 6.54 Å². The Balaban J connectivity index is 1.66. The van der Waals surface area contributed by atoms with E-state index in [-0.39, 0.29) is 5.91 Å². The van der Waals surface area contributed by atoms with E-state index in [0.717, 1.165) is 30.0 Å². The molecule has 2 aromatic rings. The van der Waals surface area contributed by atoms with E-state index in [2.05, 4.69) is 15.5 Å². The third-order valence-corrected chi connectivity index (χ3v) is 4.05. The second kappa shape index (κ2) is 7.45. The van der Waals surface area contributed by atoms with Gasteiger partial charge in [-0.25, -0.2) is 0 Å². The van der Waals surface area contributed by atoms with Crippen LogP contribution >= 0.6 is 11.6 Å². The SMILES string of the molecule is Cc1ccn(CCCNC(=O)CCn2nc(C)c(Cl)c2C)n1. The van der Waals surface area contributed by atoms with Gasteiger partial charge in [-0.2, -0.15) is 10.2 Å². The zero-order valence-electron chi connectivity index (χ0n) is 13.3. The highest BCUT2D eigenvalue weighted by Crippen LogP contribution is 2.18. The number of amides is 1. The standard InChI is InChI=1S/C15H22ClN5O/c1-11-5-9-20(18-11)8-4-7-17-14(22)6-10-21-13(3)15(16)12(2)19-21/h5,9H,4,6-8,10H2,1-3H3,(H,17,22). The summed E-state index contributed by atoms with van der Waals surface area (Å²) in [6.07, 6.45) is 3.21. The number of rotatable bonds is 7. The van der Waals surface area contributed by atoms with Crippen LogP contribution in [-0.2, 0) is 17.9 Å². The van der Waals surface area contributed by atoms with Crippen LogP contribution in [0.3, 0.4) is 0 Å². The summed E-state index contributed by atoms with van der Waals surface area (Å²) in [4.78, 5) is 11.8. The summed E-state index contributed by atoms with van der Waals surface area (Å²) in [5, 5.41) is 12.2. The normalized spacial score (nSPS) is 10.9. The quantitative estimate of drug-likeness (QED) is 0.795. The Morgan fingerprint density at radius 1 is 1.27 bits per heavy atom. The molecule has 120 valence electrons. The van der Waals surface area contributed by atoms with Gasteiger partial charge in [-0.3, -0.25) is 14.2 Å². The molecule has 6 nitrogen and oxygen atoms in total. The Morgan fingerprint density at radius 3 is 2.64 bits per heavy atom. The first-order chi connectivity index (χ1) is 10.5. The van der Waals surface area contributed by atoms with Gasteiger partial charge in [0.25, 0.3) is 0 Å². The molecule has 22 heavy (non-hydrogen) atoms. The van der Waals surface area contributed by atoms with Crippen LogP contribution in [0.4, 0.5) is 0 Å². The van der Waals surface area contributed by atoms with Gasteiger partial charge in [0, 0.05) is 25.7 Å². The highest BCUT2D eigenvalue weighted by atomic mass is 35.5. The summed E-state index contributed by atoms with van der Waals surface area (Å²) < 4.78 is 3.67. The molecule has 0 radical (unpaired) electrons. The average molecular weight is 324 g/mol. The third kappa shape index (κ3) is 4.34. The number of nitrogens with zero attached hydrogens (tertiary/aromatic N) is 4. The first kappa shape index (κ1) is 16.5. The molecule has 0 atom stereocenters. The molecule has 0 aliphatic heterocycles. The van der Waals surface area contributed by atoms with Crippen molar-refractivity contribution < 1.29 is 4.79 Å². The largest absolute Gasteiger partial charge is 0.356 e. The topological polar surface area (TPSA) is 64.7 Å². The maximum atomic E-state index is 11.8. The molecule has 2 rings (SSSR count). The zero-order chi connectivity index (χ0) is 16.1. The summed E-state index contributed by atoms with van der Waals surface area (Å²) in [7, 11) is 0. The van der Waals surface area contributed by atoms with Gasteiger partial charge in [0.1, 0.15) is 0 Å². The summed E-state index contributed by atoms with van der Waals surface area (Å²) >= 11 is 6.08. The molecule has 0 unspecified atom stereocenters. The highest BCUT2D eigenvalue weighted by molar-refractivity contribution is 6.31. The van der Waals surface area contributed by atoms with Gasteiger partial charge >= 0.3 is 0 Å². The second-order valence-electron chi connectivity index (χ2n) is 5.38. The van der Waals surface area contributed by atoms with E-state index in [1.807, 2.05) is 37.7 Å². The molecule has 2 aromatic heterocycles. The molecular formula is C15H22ClN5O. The van der Waals surface area contributed by atoms with E-state index < -0.39 is 0 Å². The summed E-state index contributed by atoms with van der Waals surface area (Å²) in [6.45, 7) is 7.74. The lowest BCUT2D eigenvalue weighted by Gasteiger charge is -2.07. The van der Waals surface area contributed by atoms with Crippen LogP contribution in [-0.4, -0.2) is 32.0 Å². The van der Waals surface area contributed by atoms with Gasteiger partial charge in [-0.15, -0.1) is 0 Å². The minimum atomic E-state index is 0.0281. The fourth-order valence-corrected chi connectivity index (χ4v) is 2.38. The van der Waals surface area contributed by atoms with Gasteiger partial charge < -0.3 is 5.32 Å². The van der Waals surface area contributed by atoms with E-state index in [4.69, 9.17) is 11.6 Å². The van der Waals surface area contributed by atoms with Gasteiger partial charge in [0.15, 0.2) is 0 Å². The molecule has 0 aliphatic rings. The van der Waals surface area contributed by atoms with E-state index in [1.54, 1.807) is 4.68 Å². The number of nitrogens with one attached hydrogen (secondary N) is 1. The van der Waals surface area contributed by atoms with Crippen molar-refractivity contribution in [3.63, 3.8) is 0 Å². The Kier molecular flexibility index (Phi) is 5.60. The van der Waals surface area contributed by atoms with E-state index in [9.17, 15) is 4.79 Å². The molecule has 0 saturated carbocycles. The number of hydrogen-bond acceptors (Lipinski definition) is 3. The van der Waals surface area contributed by atoms with Gasteiger partial charge in [-0.1, -0.05) is 11.6 Å². The molecule has 0 bridgehead atoms. The number of hydrogen-bond donors (Lipinski definition) is 1.